The number of carboxylic acid groups (broad SMARTS) is 1. The van der Waals surface area contributed by atoms with E-state index in [-0.39, 0.29) is 13.1 Å². The minimum atomic E-state index is -1.11. The smallest absolute Gasteiger partial charge is 0.328 e. The van der Waals surface area contributed by atoms with Crippen LogP contribution in [0.3, 0.4) is 0 Å². The number of piperazine rings is 1. The number of amides is 2. The maximum Gasteiger partial charge on any atom is 0.328 e. The van der Waals surface area contributed by atoms with Crippen LogP contribution in [0.4, 0.5) is 5.69 Å². The SMILES string of the molecule is O=C(O)C=Cc1c(Cl)cccc1N1CC(=O)NC(=O)C1. The van der Waals surface area contributed by atoms with Crippen LogP contribution in [0.15, 0.2) is 24.3 Å². The molecule has 1 aliphatic rings. The third-order valence-corrected chi connectivity index (χ3v) is 3.04. The van der Waals surface area contributed by atoms with E-state index in [1.165, 1.54) is 6.08 Å². The molecule has 0 aliphatic carbocycles. The first kappa shape index (κ1) is 14.1. The Morgan fingerprint density at radius 1 is 1.30 bits per heavy atom. The summed E-state index contributed by atoms with van der Waals surface area (Å²) in [5.41, 5.74) is 0.997. The van der Waals surface area contributed by atoms with E-state index in [4.69, 9.17) is 16.7 Å². The summed E-state index contributed by atoms with van der Waals surface area (Å²) < 4.78 is 0. The van der Waals surface area contributed by atoms with Crippen molar-refractivity contribution in [1.82, 2.24) is 5.32 Å². The first-order valence-electron chi connectivity index (χ1n) is 5.74. The Morgan fingerprint density at radius 2 is 1.95 bits per heavy atom. The topological polar surface area (TPSA) is 86.7 Å². The highest BCUT2D eigenvalue weighted by Gasteiger charge is 2.24. The second-order valence-electron chi connectivity index (χ2n) is 4.17. The first-order chi connectivity index (χ1) is 9.47. The Labute approximate surface area is 119 Å². The van der Waals surface area contributed by atoms with Gasteiger partial charge in [-0.2, -0.15) is 0 Å². The zero-order valence-electron chi connectivity index (χ0n) is 10.3. The van der Waals surface area contributed by atoms with Gasteiger partial charge in [0.2, 0.25) is 11.8 Å². The fourth-order valence-electron chi connectivity index (χ4n) is 1.93. The van der Waals surface area contributed by atoms with Gasteiger partial charge >= 0.3 is 5.97 Å². The van der Waals surface area contributed by atoms with E-state index in [1.807, 2.05) is 0 Å². The number of hydrogen-bond donors (Lipinski definition) is 2. The Morgan fingerprint density at radius 3 is 2.55 bits per heavy atom. The van der Waals surface area contributed by atoms with Crippen LogP contribution in [0.25, 0.3) is 6.08 Å². The molecule has 1 aromatic rings. The van der Waals surface area contributed by atoms with Gasteiger partial charge in [0, 0.05) is 22.3 Å². The molecular weight excluding hydrogens is 284 g/mol. The van der Waals surface area contributed by atoms with Gasteiger partial charge in [0.05, 0.1) is 13.1 Å². The van der Waals surface area contributed by atoms with Gasteiger partial charge in [0.15, 0.2) is 0 Å². The van der Waals surface area contributed by atoms with Crippen LogP contribution in [-0.4, -0.2) is 36.0 Å². The average molecular weight is 295 g/mol. The lowest BCUT2D eigenvalue weighted by atomic mass is 10.1. The summed E-state index contributed by atoms with van der Waals surface area (Å²) in [6, 6.07) is 4.96. The van der Waals surface area contributed by atoms with Crippen molar-refractivity contribution in [2.75, 3.05) is 18.0 Å². The molecule has 1 aromatic carbocycles. The van der Waals surface area contributed by atoms with E-state index in [2.05, 4.69) is 5.32 Å². The Balaban J connectivity index is 2.40. The number of nitrogens with zero attached hydrogens (tertiary/aromatic N) is 1. The maximum atomic E-state index is 11.4. The molecule has 0 unspecified atom stereocenters. The van der Waals surface area contributed by atoms with Gasteiger partial charge < -0.3 is 10.0 Å². The number of carbonyl (C=O) groups is 3. The highest BCUT2D eigenvalue weighted by Crippen LogP contribution is 2.29. The molecule has 0 aromatic heterocycles. The molecule has 2 rings (SSSR count). The van der Waals surface area contributed by atoms with Crippen molar-refractivity contribution in [1.29, 1.82) is 0 Å². The van der Waals surface area contributed by atoms with E-state index < -0.39 is 17.8 Å². The molecule has 2 amide bonds. The molecule has 1 aliphatic heterocycles. The summed E-state index contributed by atoms with van der Waals surface area (Å²) in [5, 5.41) is 11.2. The van der Waals surface area contributed by atoms with Crippen LogP contribution in [0.1, 0.15) is 5.56 Å². The van der Waals surface area contributed by atoms with Crippen molar-refractivity contribution in [3.05, 3.63) is 34.9 Å². The molecule has 0 spiro atoms. The van der Waals surface area contributed by atoms with Crippen LogP contribution < -0.4 is 10.2 Å². The van der Waals surface area contributed by atoms with Crippen LogP contribution in [-0.2, 0) is 14.4 Å². The normalized spacial score (nSPS) is 15.6. The van der Waals surface area contributed by atoms with Crippen molar-refractivity contribution in [3.8, 4) is 0 Å². The molecular formula is C13H11ClN2O4. The van der Waals surface area contributed by atoms with Gasteiger partial charge in [-0.05, 0) is 18.2 Å². The van der Waals surface area contributed by atoms with Gasteiger partial charge in [0.1, 0.15) is 0 Å². The number of nitrogens with one attached hydrogen (secondary N) is 1. The van der Waals surface area contributed by atoms with Crippen LogP contribution >= 0.6 is 11.6 Å². The summed E-state index contributed by atoms with van der Waals surface area (Å²) in [6.07, 6.45) is 2.30. The first-order valence-corrected chi connectivity index (χ1v) is 6.12. The Hall–Kier alpha value is -2.34. The second-order valence-corrected chi connectivity index (χ2v) is 4.58. The molecule has 6 nitrogen and oxygen atoms in total. The number of hydrogen-bond acceptors (Lipinski definition) is 4. The number of imide groups is 1. The van der Waals surface area contributed by atoms with E-state index in [0.29, 0.717) is 16.3 Å². The standard InChI is InChI=1S/C13H11ClN2O4/c14-9-2-1-3-10(8(9)4-5-13(19)20)16-6-11(17)15-12(18)7-16/h1-5H,6-7H2,(H,19,20)(H,15,17,18). The highest BCUT2D eigenvalue weighted by molar-refractivity contribution is 6.32. The number of carbonyl (C=O) groups excluding carboxylic acids is 2. The van der Waals surface area contributed by atoms with Gasteiger partial charge in [0.25, 0.3) is 0 Å². The number of aliphatic carboxylic acids is 1. The summed E-state index contributed by atoms with van der Waals surface area (Å²) in [5.74, 6) is -1.92. The number of rotatable bonds is 3. The van der Waals surface area contributed by atoms with Crippen molar-refractivity contribution in [2.45, 2.75) is 0 Å². The number of halogens is 1. The quantitative estimate of drug-likeness (QED) is 0.639. The number of anilines is 1. The molecule has 20 heavy (non-hydrogen) atoms. The van der Waals surface area contributed by atoms with Crippen molar-refractivity contribution in [3.63, 3.8) is 0 Å². The third kappa shape index (κ3) is 3.16. The summed E-state index contributed by atoms with van der Waals surface area (Å²) in [6.45, 7) is 0.0278. The highest BCUT2D eigenvalue weighted by atomic mass is 35.5. The minimum Gasteiger partial charge on any atom is -0.478 e. The lowest BCUT2D eigenvalue weighted by molar-refractivity contribution is -0.132. The monoisotopic (exact) mass is 294 g/mol. The van der Waals surface area contributed by atoms with E-state index in [0.717, 1.165) is 6.08 Å². The molecule has 2 N–H and O–H groups in total. The largest absolute Gasteiger partial charge is 0.478 e. The zero-order chi connectivity index (χ0) is 14.7. The molecule has 0 atom stereocenters. The zero-order valence-corrected chi connectivity index (χ0v) is 11.1. The minimum absolute atomic E-state index is 0.0139. The van der Waals surface area contributed by atoms with Crippen molar-refractivity contribution < 1.29 is 19.5 Å². The Bertz CT molecular complexity index is 596. The average Bonchev–Trinajstić information content (AvgIpc) is 2.35. The molecule has 1 fully saturated rings. The molecule has 1 heterocycles. The molecule has 104 valence electrons. The van der Waals surface area contributed by atoms with Crippen molar-refractivity contribution in [2.24, 2.45) is 0 Å². The van der Waals surface area contributed by atoms with E-state index >= 15 is 0 Å². The summed E-state index contributed by atoms with van der Waals surface area (Å²) in [7, 11) is 0. The van der Waals surface area contributed by atoms with Gasteiger partial charge in [-0.25, -0.2) is 4.79 Å². The molecule has 0 bridgehead atoms. The predicted molar refractivity (Wildman–Crippen MR) is 73.5 cm³/mol. The van der Waals surface area contributed by atoms with Gasteiger partial charge in [-0.15, -0.1) is 0 Å². The lowest BCUT2D eigenvalue weighted by Gasteiger charge is -2.29. The lowest BCUT2D eigenvalue weighted by Crippen LogP contribution is -2.51. The van der Waals surface area contributed by atoms with Gasteiger partial charge in [-0.1, -0.05) is 17.7 Å². The summed E-state index contributed by atoms with van der Waals surface area (Å²) >= 11 is 6.05. The predicted octanol–water partition coefficient (Wildman–Crippen LogP) is 0.901. The van der Waals surface area contributed by atoms with Crippen LogP contribution in [0.2, 0.25) is 5.02 Å². The second kappa shape index (κ2) is 5.75. The van der Waals surface area contributed by atoms with Gasteiger partial charge in [-0.3, -0.25) is 14.9 Å². The molecule has 7 heteroatoms. The summed E-state index contributed by atoms with van der Waals surface area (Å²) in [4.78, 5) is 35.0. The Kier molecular flexibility index (Phi) is 4.05. The van der Waals surface area contributed by atoms with E-state index in [9.17, 15) is 14.4 Å². The van der Waals surface area contributed by atoms with E-state index in [1.54, 1.807) is 23.1 Å². The fraction of sp³-hybridized carbons (Fsp3) is 0.154. The maximum absolute atomic E-state index is 11.4. The number of benzene rings is 1. The molecule has 1 saturated heterocycles. The third-order valence-electron chi connectivity index (χ3n) is 2.71. The van der Waals surface area contributed by atoms with Crippen molar-refractivity contribution >= 4 is 41.1 Å². The molecule has 0 radical (unpaired) electrons. The fourth-order valence-corrected chi connectivity index (χ4v) is 2.16. The number of carboxylic acids is 1. The van der Waals surface area contributed by atoms with Crippen LogP contribution in [0, 0.1) is 0 Å². The molecule has 0 saturated carbocycles. The van der Waals surface area contributed by atoms with Crippen LogP contribution in [0.5, 0.6) is 0 Å².